The van der Waals surface area contributed by atoms with Crippen LogP contribution in [0.4, 0.5) is 0 Å². The summed E-state index contributed by atoms with van der Waals surface area (Å²) in [7, 11) is -1.21. The third-order valence-corrected chi connectivity index (χ3v) is 6.47. The van der Waals surface area contributed by atoms with Gasteiger partial charge in [-0.15, -0.1) is 0 Å². The van der Waals surface area contributed by atoms with Crippen molar-refractivity contribution in [2.45, 2.75) is 37.6 Å². The zero-order chi connectivity index (χ0) is 12.7. The topological polar surface area (TPSA) is 52.6 Å². The van der Waals surface area contributed by atoms with E-state index in [4.69, 9.17) is 0 Å². The number of nitrogens with zero attached hydrogens (tertiary/aromatic N) is 2. The van der Waals surface area contributed by atoms with E-state index < -0.39 is 14.8 Å². The van der Waals surface area contributed by atoms with Gasteiger partial charge in [-0.05, 0) is 40.3 Å². The molecule has 2 rings (SSSR count). The Morgan fingerprint density at radius 2 is 2.00 bits per heavy atom. The van der Waals surface area contributed by atoms with Crippen molar-refractivity contribution in [3.8, 4) is 0 Å². The molecular weight excluding hydrogens is 238 g/mol. The maximum atomic E-state index is 12.6. The van der Waals surface area contributed by atoms with Crippen molar-refractivity contribution in [1.29, 1.82) is 0 Å². The van der Waals surface area contributed by atoms with Gasteiger partial charge in [-0.25, -0.2) is 8.42 Å². The van der Waals surface area contributed by atoms with E-state index in [1.807, 2.05) is 20.9 Å². The van der Waals surface area contributed by atoms with Crippen LogP contribution in [0, 0.1) is 0 Å². The highest BCUT2D eigenvalue weighted by atomic mass is 32.2. The molecule has 0 aromatic carbocycles. The molecule has 0 aromatic rings. The highest BCUT2D eigenvalue weighted by Gasteiger charge is 2.45. The predicted octanol–water partition coefficient (Wildman–Crippen LogP) is 0.0517. The first kappa shape index (κ1) is 13.3. The van der Waals surface area contributed by atoms with Gasteiger partial charge in [-0.3, -0.25) is 4.90 Å². The summed E-state index contributed by atoms with van der Waals surface area (Å²) in [6.07, 6.45) is 2.09. The molecule has 5 nitrogen and oxygen atoms in total. The van der Waals surface area contributed by atoms with E-state index in [1.165, 1.54) is 0 Å². The Kier molecular flexibility index (Phi) is 3.51. The monoisotopic (exact) mass is 261 g/mol. The molecule has 2 fully saturated rings. The van der Waals surface area contributed by atoms with Crippen LogP contribution in [0.5, 0.6) is 0 Å². The summed E-state index contributed by atoms with van der Waals surface area (Å²) < 4.78 is 26.3. The lowest BCUT2D eigenvalue weighted by molar-refractivity contribution is 0.173. The Bertz CT molecular complexity index is 380. The maximum absolute atomic E-state index is 12.6. The molecule has 1 unspecified atom stereocenters. The summed E-state index contributed by atoms with van der Waals surface area (Å²) in [4.78, 5) is 2.15. The summed E-state index contributed by atoms with van der Waals surface area (Å²) in [6.45, 7) is 6.46. The summed E-state index contributed by atoms with van der Waals surface area (Å²) in [5, 5.41) is 3.22. The van der Waals surface area contributed by atoms with E-state index in [2.05, 4.69) is 10.2 Å². The Balaban J connectivity index is 2.31. The van der Waals surface area contributed by atoms with Crippen LogP contribution in [0.3, 0.4) is 0 Å². The molecule has 1 atom stereocenters. The smallest absolute Gasteiger partial charge is 0.221 e. The van der Waals surface area contributed by atoms with Gasteiger partial charge in [0.1, 0.15) is 0 Å². The lowest BCUT2D eigenvalue weighted by Crippen LogP contribution is -2.53. The molecule has 0 radical (unpaired) electrons. The van der Waals surface area contributed by atoms with Gasteiger partial charge in [0.05, 0.1) is 10.9 Å². The average molecular weight is 261 g/mol. The second-order valence-corrected chi connectivity index (χ2v) is 8.18. The fourth-order valence-corrected chi connectivity index (χ4v) is 4.51. The van der Waals surface area contributed by atoms with E-state index >= 15 is 0 Å². The summed E-state index contributed by atoms with van der Waals surface area (Å²) >= 11 is 0. The SMILES string of the molecule is CN1CCCC1N1CCNCC(C)(C)S1(=O)=O. The molecule has 0 spiro atoms. The number of likely N-dealkylation sites (tertiary alicyclic amines) is 1. The van der Waals surface area contributed by atoms with E-state index in [0.29, 0.717) is 13.1 Å². The normalized spacial score (nSPS) is 34.6. The highest BCUT2D eigenvalue weighted by molar-refractivity contribution is 7.90. The molecule has 6 heteroatoms. The van der Waals surface area contributed by atoms with E-state index in [1.54, 1.807) is 4.31 Å². The highest BCUT2D eigenvalue weighted by Crippen LogP contribution is 2.29. The van der Waals surface area contributed by atoms with Crippen LogP contribution < -0.4 is 5.32 Å². The van der Waals surface area contributed by atoms with Crippen molar-refractivity contribution in [2.75, 3.05) is 33.2 Å². The van der Waals surface area contributed by atoms with Crippen molar-refractivity contribution < 1.29 is 8.42 Å². The average Bonchev–Trinajstić information content (AvgIpc) is 2.59. The van der Waals surface area contributed by atoms with Crippen LogP contribution >= 0.6 is 0 Å². The molecule has 0 aliphatic carbocycles. The summed E-state index contributed by atoms with van der Waals surface area (Å²) in [5.41, 5.74) is 0. The fraction of sp³-hybridized carbons (Fsp3) is 1.00. The molecule has 0 amide bonds. The molecule has 0 aromatic heterocycles. The molecule has 2 heterocycles. The second kappa shape index (κ2) is 4.50. The van der Waals surface area contributed by atoms with Crippen molar-refractivity contribution in [3.63, 3.8) is 0 Å². The molecule has 1 N–H and O–H groups in total. The van der Waals surface area contributed by atoms with Gasteiger partial charge in [0.25, 0.3) is 0 Å². The Morgan fingerprint density at radius 3 is 2.59 bits per heavy atom. The van der Waals surface area contributed by atoms with Gasteiger partial charge in [0, 0.05) is 19.6 Å². The van der Waals surface area contributed by atoms with Gasteiger partial charge < -0.3 is 5.32 Å². The van der Waals surface area contributed by atoms with Gasteiger partial charge >= 0.3 is 0 Å². The first-order valence-corrected chi connectivity index (χ1v) is 7.73. The molecule has 0 saturated carbocycles. The van der Waals surface area contributed by atoms with Crippen LogP contribution in [-0.4, -0.2) is 61.8 Å². The summed E-state index contributed by atoms with van der Waals surface area (Å²) in [6, 6.07) is 0. The predicted molar refractivity (Wildman–Crippen MR) is 68.2 cm³/mol. The van der Waals surface area contributed by atoms with Crippen LogP contribution in [0.1, 0.15) is 26.7 Å². The molecule has 17 heavy (non-hydrogen) atoms. The standard InChI is InChI=1S/C11H23N3O2S/c1-11(2)9-12-6-8-14(17(11,15)16)10-5-4-7-13(10)3/h10,12H,4-9H2,1-3H3. The Morgan fingerprint density at radius 1 is 1.29 bits per heavy atom. The van der Waals surface area contributed by atoms with Gasteiger partial charge in [0.15, 0.2) is 0 Å². The number of rotatable bonds is 1. The zero-order valence-corrected chi connectivity index (χ0v) is 11.8. The molecule has 100 valence electrons. The Labute approximate surface area is 104 Å². The van der Waals surface area contributed by atoms with Gasteiger partial charge in [-0.1, -0.05) is 0 Å². The third-order valence-electron chi connectivity index (χ3n) is 3.88. The van der Waals surface area contributed by atoms with Gasteiger partial charge in [-0.2, -0.15) is 4.31 Å². The van der Waals surface area contributed by atoms with Crippen LogP contribution in [0.2, 0.25) is 0 Å². The first-order valence-electron chi connectivity index (χ1n) is 6.29. The van der Waals surface area contributed by atoms with Crippen LogP contribution in [0.15, 0.2) is 0 Å². The minimum atomic E-state index is -3.23. The summed E-state index contributed by atoms with van der Waals surface area (Å²) in [5.74, 6) is 0. The number of nitrogens with one attached hydrogen (secondary N) is 1. The van der Waals surface area contributed by atoms with E-state index in [0.717, 1.165) is 25.9 Å². The minimum absolute atomic E-state index is 0.0548. The largest absolute Gasteiger partial charge is 0.314 e. The quantitative estimate of drug-likeness (QED) is 0.725. The number of hydrogen-bond acceptors (Lipinski definition) is 4. The second-order valence-electron chi connectivity index (χ2n) is 5.66. The molecular formula is C11H23N3O2S. The van der Waals surface area contributed by atoms with Crippen molar-refractivity contribution in [2.24, 2.45) is 0 Å². The zero-order valence-electron chi connectivity index (χ0n) is 10.9. The lowest BCUT2D eigenvalue weighted by Gasteiger charge is -2.35. The first-order chi connectivity index (χ1) is 7.86. The third kappa shape index (κ3) is 2.23. The number of sulfonamides is 1. The fourth-order valence-electron chi connectivity index (χ4n) is 2.67. The minimum Gasteiger partial charge on any atom is -0.314 e. The van der Waals surface area contributed by atoms with Crippen molar-refractivity contribution in [3.05, 3.63) is 0 Å². The molecule has 2 aliphatic rings. The molecule has 2 saturated heterocycles. The van der Waals surface area contributed by atoms with Crippen molar-refractivity contribution >= 4 is 10.0 Å². The van der Waals surface area contributed by atoms with E-state index in [-0.39, 0.29) is 6.17 Å². The van der Waals surface area contributed by atoms with Gasteiger partial charge in [0.2, 0.25) is 10.0 Å². The van der Waals surface area contributed by atoms with Crippen LogP contribution in [0.25, 0.3) is 0 Å². The molecule has 0 bridgehead atoms. The van der Waals surface area contributed by atoms with Crippen molar-refractivity contribution in [1.82, 2.24) is 14.5 Å². The van der Waals surface area contributed by atoms with Crippen LogP contribution in [-0.2, 0) is 10.0 Å². The Hall–Kier alpha value is -0.170. The number of hydrogen-bond donors (Lipinski definition) is 1. The van der Waals surface area contributed by atoms with E-state index in [9.17, 15) is 8.42 Å². The molecule has 2 aliphatic heterocycles. The maximum Gasteiger partial charge on any atom is 0.221 e. The lowest BCUT2D eigenvalue weighted by atomic mass is 10.2.